The van der Waals surface area contributed by atoms with E-state index in [0.29, 0.717) is 22.8 Å². The summed E-state index contributed by atoms with van der Waals surface area (Å²) in [4.78, 5) is 4.00. The number of benzene rings is 1. The van der Waals surface area contributed by atoms with Crippen molar-refractivity contribution in [2.75, 3.05) is 7.05 Å². The van der Waals surface area contributed by atoms with E-state index < -0.39 is 10.0 Å². The van der Waals surface area contributed by atoms with Gasteiger partial charge in [0.05, 0.1) is 17.4 Å². The minimum Gasteiger partial charge on any atom is -0.439 e. The Morgan fingerprint density at radius 3 is 2.62 bits per heavy atom. The minimum absolute atomic E-state index is 0.0913. The van der Waals surface area contributed by atoms with Gasteiger partial charge in [-0.15, -0.1) is 0 Å². The number of aromatic nitrogens is 1. The molecule has 2 aromatic rings. The second-order valence-corrected chi connectivity index (χ2v) is 6.13. The predicted octanol–water partition coefficient (Wildman–Crippen LogP) is 1.79. The van der Waals surface area contributed by atoms with E-state index in [1.165, 1.54) is 19.3 Å². The molecule has 1 aromatic carbocycles. The van der Waals surface area contributed by atoms with Crippen molar-refractivity contribution in [1.82, 2.24) is 9.71 Å². The van der Waals surface area contributed by atoms with Gasteiger partial charge < -0.3 is 4.74 Å². The lowest BCUT2D eigenvalue weighted by molar-refractivity contribution is 0.462. The van der Waals surface area contributed by atoms with Crippen LogP contribution in [0.1, 0.15) is 11.1 Å². The van der Waals surface area contributed by atoms with E-state index in [-0.39, 0.29) is 5.75 Å². The lowest BCUT2D eigenvalue weighted by Crippen LogP contribution is -2.20. The molecule has 0 radical (unpaired) electrons. The first-order valence-electron chi connectivity index (χ1n) is 6.06. The molecule has 0 saturated carbocycles. The molecule has 2 rings (SSSR count). The Labute approximate surface area is 123 Å². The number of ether oxygens (including phenoxy) is 1. The van der Waals surface area contributed by atoms with Crippen LogP contribution in [-0.4, -0.2) is 20.4 Å². The lowest BCUT2D eigenvalue weighted by Gasteiger charge is -2.06. The standard InChI is InChI=1S/C14H13N3O3S/c1-16-21(18,19)10-11-2-4-13(5-3-11)20-14-8-12(9-15)6-7-17-14/h2-8,16H,10H2,1H3. The molecule has 1 heterocycles. The van der Waals surface area contributed by atoms with Gasteiger partial charge in [-0.2, -0.15) is 5.26 Å². The fourth-order valence-corrected chi connectivity index (χ4v) is 2.38. The van der Waals surface area contributed by atoms with E-state index in [1.54, 1.807) is 30.3 Å². The third-order valence-electron chi connectivity index (χ3n) is 2.68. The Kier molecular flexibility index (Phi) is 4.52. The van der Waals surface area contributed by atoms with Crippen LogP contribution in [0, 0.1) is 11.3 Å². The number of sulfonamides is 1. The van der Waals surface area contributed by atoms with Crippen LogP contribution >= 0.6 is 0 Å². The molecule has 0 aliphatic rings. The summed E-state index contributed by atoms with van der Waals surface area (Å²) in [5, 5.41) is 8.80. The fraction of sp³-hybridized carbons (Fsp3) is 0.143. The van der Waals surface area contributed by atoms with Gasteiger partial charge in [0.1, 0.15) is 5.75 Å². The predicted molar refractivity (Wildman–Crippen MR) is 77.2 cm³/mol. The molecule has 0 aliphatic heterocycles. The van der Waals surface area contributed by atoms with Crippen LogP contribution in [-0.2, 0) is 15.8 Å². The van der Waals surface area contributed by atoms with Crippen LogP contribution in [0.3, 0.4) is 0 Å². The summed E-state index contributed by atoms with van der Waals surface area (Å²) in [6, 6.07) is 11.7. The monoisotopic (exact) mass is 303 g/mol. The van der Waals surface area contributed by atoms with Gasteiger partial charge in [-0.25, -0.2) is 18.1 Å². The zero-order valence-electron chi connectivity index (χ0n) is 11.3. The van der Waals surface area contributed by atoms with Gasteiger partial charge in [0, 0.05) is 12.3 Å². The van der Waals surface area contributed by atoms with Gasteiger partial charge >= 0.3 is 0 Å². The van der Waals surface area contributed by atoms with E-state index in [1.807, 2.05) is 6.07 Å². The number of hydrogen-bond donors (Lipinski definition) is 1. The van der Waals surface area contributed by atoms with Crippen molar-refractivity contribution in [3.8, 4) is 17.7 Å². The Balaban J connectivity index is 2.11. The number of nitrogens with zero attached hydrogens (tertiary/aromatic N) is 2. The number of nitrogens with one attached hydrogen (secondary N) is 1. The normalized spacial score (nSPS) is 10.9. The third kappa shape index (κ3) is 4.27. The van der Waals surface area contributed by atoms with Crippen molar-refractivity contribution >= 4 is 10.0 Å². The summed E-state index contributed by atoms with van der Waals surface area (Å²) < 4.78 is 30.6. The second-order valence-electron chi connectivity index (χ2n) is 4.20. The SMILES string of the molecule is CNS(=O)(=O)Cc1ccc(Oc2cc(C#N)ccn2)cc1. The molecule has 21 heavy (non-hydrogen) atoms. The van der Waals surface area contributed by atoms with Gasteiger partial charge in [0.25, 0.3) is 0 Å². The van der Waals surface area contributed by atoms with E-state index in [2.05, 4.69) is 9.71 Å². The van der Waals surface area contributed by atoms with E-state index in [4.69, 9.17) is 10.00 Å². The molecule has 0 spiro atoms. The zero-order chi connectivity index (χ0) is 15.3. The molecule has 7 heteroatoms. The molecule has 0 bridgehead atoms. The first-order valence-corrected chi connectivity index (χ1v) is 7.72. The Bertz CT molecular complexity index is 765. The minimum atomic E-state index is -3.29. The van der Waals surface area contributed by atoms with Crippen molar-refractivity contribution in [1.29, 1.82) is 5.26 Å². The summed E-state index contributed by atoms with van der Waals surface area (Å²) in [5.74, 6) is 0.735. The van der Waals surface area contributed by atoms with Gasteiger partial charge in [0.2, 0.25) is 15.9 Å². The van der Waals surface area contributed by atoms with Crippen LogP contribution in [0.4, 0.5) is 0 Å². The molecule has 0 aliphatic carbocycles. The molecular weight excluding hydrogens is 290 g/mol. The Morgan fingerprint density at radius 2 is 2.00 bits per heavy atom. The van der Waals surface area contributed by atoms with Gasteiger partial charge in [-0.05, 0) is 30.8 Å². The highest BCUT2D eigenvalue weighted by molar-refractivity contribution is 7.88. The number of nitriles is 1. The molecule has 6 nitrogen and oxygen atoms in total. The first kappa shape index (κ1) is 15.0. The quantitative estimate of drug-likeness (QED) is 0.909. The maximum Gasteiger partial charge on any atom is 0.220 e. The Morgan fingerprint density at radius 1 is 1.29 bits per heavy atom. The van der Waals surface area contributed by atoms with Crippen LogP contribution in [0.15, 0.2) is 42.6 Å². The van der Waals surface area contributed by atoms with E-state index >= 15 is 0 Å². The largest absolute Gasteiger partial charge is 0.439 e. The molecule has 0 fully saturated rings. The van der Waals surface area contributed by atoms with Crippen LogP contribution in [0.2, 0.25) is 0 Å². The van der Waals surface area contributed by atoms with Crippen molar-refractivity contribution in [2.45, 2.75) is 5.75 Å². The average Bonchev–Trinajstić information content (AvgIpc) is 2.49. The maximum atomic E-state index is 11.4. The number of rotatable bonds is 5. The molecule has 108 valence electrons. The average molecular weight is 303 g/mol. The van der Waals surface area contributed by atoms with Crippen molar-refractivity contribution in [3.63, 3.8) is 0 Å². The molecule has 0 atom stereocenters. The molecular formula is C14H13N3O3S. The van der Waals surface area contributed by atoms with Crippen molar-refractivity contribution < 1.29 is 13.2 Å². The van der Waals surface area contributed by atoms with Gasteiger partial charge in [0.15, 0.2) is 0 Å². The van der Waals surface area contributed by atoms with Gasteiger partial charge in [-0.1, -0.05) is 12.1 Å². The smallest absolute Gasteiger partial charge is 0.220 e. The third-order valence-corrected chi connectivity index (χ3v) is 4.01. The number of pyridine rings is 1. The first-order chi connectivity index (χ1) is 10.0. The van der Waals surface area contributed by atoms with Crippen LogP contribution < -0.4 is 9.46 Å². The highest BCUT2D eigenvalue weighted by atomic mass is 32.2. The summed E-state index contributed by atoms with van der Waals surface area (Å²) in [5.41, 5.74) is 1.10. The molecule has 1 aromatic heterocycles. The van der Waals surface area contributed by atoms with Gasteiger partial charge in [-0.3, -0.25) is 0 Å². The molecule has 1 N–H and O–H groups in total. The molecule has 0 amide bonds. The Hall–Kier alpha value is -2.43. The van der Waals surface area contributed by atoms with Crippen molar-refractivity contribution in [3.05, 3.63) is 53.7 Å². The highest BCUT2D eigenvalue weighted by Gasteiger charge is 2.08. The second kappa shape index (κ2) is 6.35. The molecule has 0 unspecified atom stereocenters. The summed E-state index contributed by atoms with van der Waals surface area (Å²) in [6.45, 7) is 0. The highest BCUT2D eigenvalue weighted by Crippen LogP contribution is 2.20. The summed E-state index contributed by atoms with van der Waals surface area (Å²) in [7, 11) is -1.92. The zero-order valence-corrected chi connectivity index (χ0v) is 12.1. The fourth-order valence-electron chi connectivity index (χ4n) is 1.60. The van der Waals surface area contributed by atoms with Crippen LogP contribution in [0.25, 0.3) is 0 Å². The summed E-state index contributed by atoms with van der Waals surface area (Å²) in [6.07, 6.45) is 1.49. The van der Waals surface area contributed by atoms with Crippen LogP contribution in [0.5, 0.6) is 11.6 Å². The maximum absolute atomic E-state index is 11.4. The number of hydrogen-bond acceptors (Lipinski definition) is 5. The topological polar surface area (TPSA) is 92.1 Å². The molecule has 0 saturated heterocycles. The summed E-state index contributed by atoms with van der Waals surface area (Å²) >= 11 is 0. The van der Waals surface area contributed by atoms with Crippen molar-refractivity contribution in [2.24, 2.45) is 0 Å². The van der Waals surface area contributed by atoms with E-state index in [9.17, 15) is 8.42 Å². The lowest BCUT2D eigenvalue weighted by atomic mass is 10.2. The van der Waals surface area contributed by atoms with E-state index in [0.717, 1.165) is 0 Å².